The molecule has 2 rings (SSSR count). The molecule has 0 spiro atoms. The molecule has 3 nitrogen and oxygen atoms in total. The van der Waals surface area contributed by atoms with Crippen LogP contribution >= 0.6 is 0 Å². The molecule has 1 aromatic rings. The van der Waals surface area contributed by atoms with Crippen LogP contribution in [0, 0.1) is 5.92 Å². The van der Waals surface area contributed by atoms with Crippen LogP contribution in [0.15, 0.2) is 29.2 Å². The van der Waals surface area contributed by atoms with E-state index >= 15 is 0 Å². The van der Waals surface area contributed by atoms with Gasteiger partial charge in [-0.2, -0.15) is 8.78 Å². The molecule has 0 amide bonds. The van der Waals surface area contributed by atoms with Crippen LogP contribution in [0.3, 0.4) is 0 Å². The predicted octanol–water partition coefficient (Wildman–Crippen LogP) is 2.89. The molecule has 0 aromatic heterocycles. The molecule has 1 aromatic carbocycles. The third kappa shape index (κ3) is 2.98. The fraction of sp³-hybridized carbons (Fsp3) is 0.500. The lowest BCUT2D eigenvalue weighted by Crippen LogP contribution is -2.14. The van der Waals surface area contributed by atoms with E-state index in [0.29, 0.717) is 12.5 Å². The molecule has 1 N–H and O–H groups in total. The van der Waals surface area contributed by atoms with Gasteiger partial charge in [-0.1, -0.05) is 25.0 Å². The Bertz CT molecular complexity index is 513. The highest BCUT2D eigenvalue weighted by Crippen LogP contribution is 2.32. The lowest BCUT2D eigenvalue weighted by Gasteiger charge is -2.11. The highest BCUT2D eigenvalue weighted by Gasteiger charge is 2.29. The van der Waals surface area contributed by atoms with Crippen molar-refractivity contribution in [1.82, 2.24) is 0 Å². The molecule has 0 heterocycles. The maximum absolute atomic E-state index is 12.5. The van der Waals surface area contributed by atoms with Crippen molar-refractivity contribution in [2.75, 3.05) is 11.9 Å². The van der Waals surface area contributed by atoms with Gasteiger partial charge in [0, 0.05) is 6.54 Å². The predicted molar refractivity (Wildman–Crippen MR) is 65.5 cm³/mol. The Morgan fingerprint density at radius 2 is 1.94 bits per heavy atom. The lowest BCUT2D eigenvalue weighted by molar-refractivity contribution is 0.235. The van der Waals surface area contributed by atoms with Gasteiger partial charge in [0.2, 0.25) is 9.84 Å². The molecule has 1 aliphatic carbocycles. The smallest absolute Gasteiger partial charge is 0.341 e. The second-order valence-corrected chi connectivity index (χ2v) is 6.35. The molecule has 0 saturated heterocycles. The molecule has 0 bridgehead atoms. The second-order valence-electron chi connectivity index (χ2n) is 4.46. The third-order valence-electron chi connectivity index (χ3n) is 2.99. The summed E-state index contributed by atoms with van der Waals surface area (Å²) in [5.41, 5.74) is 0.262. The van der Waals surface area contributed by atoms with Gasteiger partial charge in [0.25, 0.3) is 0 Å². The normalized spacial score (nSPS) is 15.9. The van der Waals surface area contributed by atoms with Crippen LogP contribution in [0.4, 0.5) is 14.5 Å². The van der Waals surface area contributed by atoms with Crippen molar-refractivity contribution >= 4 is 15.5 Å². The maximum Gasteiger partial charge on any atom is 0.341 e. The zero-order chi connectivity index (χ0) is 13.2. The molecular formula is C12H15F2NO2S. The minimum atomic E-state index is -4.54. The number of anilines is 1. The number of hydrogen-bond acceptors (Lipinski definition) is 3. The highest BCUT2D eigenvalue weighted by molar-refractivity contribution is 7.91. The first-order chi connectivity index (χ1) is 8.51. The zero-order valence-corrected chi connectivity index (χ0v) is 10.6. The summed E-state index contributed by atoms with van der Waals surface area (Å²) in [4.78, 5) is -0.323. The summed E-state index contributed by atoms with van der Waals surface area (Å²) in [6, 6.07) is 5.80. The molecule has 0 radical (unpaired) electrons. The molecule has 1 fully saturated rings. The summed E-state index contributed by atoms with van der Waals surface area (Å²) >= 11 is 0. The van der Waals surface area contributed by atoms with Gasteiger partial charge in [0.05, 0.1) is 10.6 Å². The first-order valence-electron chi connectivity index (χ1n) is 5.87. The van der Waals surface area contributed by atoms with E-state index in [-0.39, 0.29) is 10.6 Å². The number of hydrogen-bond donors (Lipinski definition) is 1. The zero-order valence-electron chi connectivity index (χ0n) is 9.77. The van der Waals surface area contributed by atoms with Gasteiger partial charge in [-0.05, 0) is 24.5 Å². The van der Waals surface area contributed by atoms with E-state index in [9.17, 15) is 17.2 Å². The van der Waals surface area contributed by atoms with Crippen molar-refractivity contribution < 1.29 is 17.2 Å². The summed E-state index contributed by atoms with van der Waals surface area (Å²) in [5, 5.41) is 2.93. The number of sulfone groups is 1. The highest BCUT2D eigenvalue weighted by atomic mass is 32.2. The van der Waals surface area contributed by atoms with Crippen LogP contribution in [0.5, 0.6) is 0 Å². The Hall–Kier alpha value is -1.17. The molecule has 0 atom stereocenters. The minimum absolute atomic E-state index is 0.262. The van der Waals surface area contributed by atoms with Crippen molar-refractivity contribution in [2.24, 2.45) is 5.92 Å². The van der Waals surface area contributed by atoms with Gasteiger partial charge < -0.3 is 5.32 Å². The molecule has 1 aliphatic rings. The number of halogens is 2. The van der Waals surface area contributed by atoms with E-state index in [1.807, 2.05) is 0 Å². The van der Waals surface area contributed by atoms with E-state index in [1.54, 1.807) is 6.07 Å². The van der Waals surface area contributed by atoms with Gasteiger partial charge in [-0.25, -0.2) is 8.42 Å². The van der Waals surface area contributed by atoms with Crippen LogP contribution in [0.1, 0.15) is 19.3 Å². The number of para-hydroxylation sites is 1. The molecule has 6 heteroatoms. The Balaban J connectivity index is 2.14. The van der Waals surface area contributed by atoms with Crippen LogP contribution in [0.25, 0.3) is 0 Å². The van der Waals surface area contributed by atoms with E-state index in [0.717, 1.165) is 6.42 Å². The quantitative estimate of drug-likeness (QED) is 0.868. The van der Waals surface area contributed by atoms with E-state index < -0.39 is 15.6 Å². The van der Waals surface area contributed by atoms with Crippen molar-refractivity contribution in [3.63, 3.8) is 0 Å². The third-order valence-corrected chi connectivity index (χ3v) is 4.43. The molecule has 100 valence electrons. The first-order valence-corrected chi connectivity index (χ1v) is 7.41. The van der Waals surface area contributed by atoms with Gasteiger partial charge >= 0.3 is 5.76 Å². The SMILES string of the molecule is O=S(=O)(c1ccccc1NCCC1CC1)C(F)F. The summed E-state index contributed by atoms with van der Waals surface area (Å²) < 4.78 is 48.0. The molecule has 0 unspecified atom stereocenters. The van der Waals surface area contributed by atoms with Crippen LogP contribution in [-0.2, 0) is 9.84 Å². The Morgan fingerprint density at radius 3 is 2.56 bits per heavy atom. The molecule has 18 heavy (non-hydrogen) atoms. The summed E-state index contributed by atoms with van der Waals surface area (Å²) in [5.74, 6) is -2.68. The van der Waals surface area contributed by atoms with Crippen LogP contribution in [-0.4, -0.2) is 20.7 Å². The van der Waals surface area contributed by atoms with Gasteiger partial charge in [0.1, 0.15) is 0 Å². The largest absolute Gasteiger partial charge is 0.384 e. The van der Waals surface area contributed by atoms with Crippen molar-refractivity contribution in [1.29, 1.82) is 0 Å². The number of benzene rings is 1. The van der Waals surface area contributed by atoms with Crippen LogP contribution in [0.2, 0.25) is 0 Å². The summed E-state index contributed by atoms with van der Waals surface area (Å²) in [7, 11) is -4.54. The second kappa shape index (κ2) is 5.22. The van der Waals surface area contributed by atoms with Crippen molar-refractivity contribution in [2.45, 2.75) is 29.9 Å². The van der Waals surface area contributed by atoms with E-state index in [1.165, 1.54) is 31.0 Å². The summed E-state index contributed by atoms with van der Waals surface area (Å²) in [6.07, 6.45) is 3.36. The van der Waals surface area contributed by atoms with Gasteiger partial charge in [0.15, 0.2) is 0 Å². The van der Waals surface area contributed by atoms with Gasteiger partial charge in [-0.3, -0.25) is 0 Å². The topological polar surface area (TPSA) is 46.2 Å². The fourth-order valence-electron chi connectivity index (χ4n) is 1.77. The average molecular weight is 275 g/mol. The van der Waals surface area contributed by atoms with E-state index in [4.69, 9.17) is 0 Å². The lowest BCUT2D eigenvalue weighted by atomic mass is 10.2. The Labute approximate surface area is 105 Å². The Kier molecular flexibility index (Phi) is 3.85. The average Bonchev–Trinajstić information content (AvgIpc) is 3.13. The molecular weight excluding hydrogens is 260 g/mol. The van der Waals surface area contributed by atoms with Crippen molar-refractivity contribution in [3.8, 4) is 0 Å². The van der Waals surface area contributed by atoms with Crippen molar-refractivity contribution in [3.05, 3.63) is 24.3 Å². The standard InChI is InChI=1S/C12H15F2NO2S/c13-12(14)18(16,17)11-4-2-1-3-10(11)15-8-7-9-5-6-9/h1-4,9,12,15H,5-8H2. The number of nitrogens with one attached hydrogen (secondary N) is 1. The van der Waals surface area contributed by atoms with Gasteiger partial charge in [-0.15, -0.1) is 0 Å². The first kappa shape index (κ1) is 13.3. The molecule has 0 aliphatic heterocycles. The summed E-state index contributed by atoms with van der Waals surface area (Å²) in [6.45, 7) is 0.612. The minimum Gasteiger partial charge on any atom is -0.384 e. The number of rotatable bonds is 6. The monoisotopic (exact) mass is 275 g/mol. The fourth-order valence-corrected chi connectivity index (χ4v) is 2.68. The molecule has 1 saturated carbocycles. The van der Waals surface area contributed by atoms with Crippen LogP contribution < -0.4 is 5.32 Å². The number of alkyl halides is 2. The maximum atomic E-state index is 12.5. The Morgan fingerprint density at radius 1 is 1.28 bits per heavy atom. The van der Waals surface area contributed by atoms with E-state index in [2.05, 4.69) is 5.32 Å².